The Hall–Kier alpha value is -1.57. The lowest BCUT2D eigenvalue weighted by atomic mass is 9.79. The second-order valence-electron chi connectivity index (χ2n) is 6.49. The van der Waals surface area contributed by atoms with Gasteiger partial charge in [0.25, 0.3) is 0 Å². The molecule has 0 fully saturated rings. The summed E-state index contributed by atoms with van der Waals surface area (Å²) in [7, 11) is 0. The zero-order valence-electron chi connectivity index (χ0n) is 13.6. The first-order chi connectivity index (χ1) is 10.2. The van der Waals surface area contributed by atoms with E-state index < -0.39 is 0 Å². The van der Waals surface area contributed by atoms with Crippen molar-refractivity contribution in [3.8, 4) is 0 Å². The number of nitrogens with zero attached hydrogens (tertiary/aromatic N) is 2. The molecule has 21 heavy (non-hydrogen) atoms. The monoisotopic (exact) mass is 284 g/mol. The maximum atomic E-state index is 4.10. The normalized spacial score (nSPS) is 14.3. The van der Waals surface area contributed by atoms with Gasteiger partial charge in [-0.3, -0.25) is 4.98 Å². The lowest BCUT2D eigenvalue weighted by Crippen LogP contribution is -2.20. The molecule has 0 radical (unpaired) electrons. The van der Waals surface area contributed by atoms with Gasteiger partial charge in [-0.25, -0.2) is 0 Å². The fourth-order valence-corrected chi connectivity index (χ4v) is 3.24. The minimum atomic E-state index is 0.742. The third kappa shape index (κ3) is 5.04. The van der Waals surface area contributed by atoms with Crippen LogP contribution in [0.1, 0.15) is 39.2 Å². The Bertz CT molecular complexity index is 488. The van der Waals surface area contributed by atoms with Crippen molar-refractivity contribution >= 4 is 0 Å². The van der Waals surface area contributed by atoms with Crippen molar-refractivity contribution in [2.45, 2.75) is 46.6 Å². The van der Waals surface area contributed by atoms with E-state index in [-0.39, 0.29) is 0 Å². The highest BCUT2D eigenvalue weighted by Gasteiger charge is 2.20. The molecule has 114 valence electrons. The number of pyridine rings is 1. The molecule has 0 aliphatic heterocycles. The Balaban J connectivity index is 1.85. The summed E-state index contributed by atoms with van der Waals surface area (Å²) in [6.45, 7) is 8.28. The molecule has 2 heterocycles. The summed E-state index contributed by atoms with van der Waals surface area (Å²) in [5, 5.41) is 0. The molecule has 0 saturated carbocycles. The molecule has 0 aliphatic carbocycles. The summed E-state index contributed by atoms with van der Waals surface area (Å²) in [5.74, 6) is 2.29. The largest absolute Gasteiger partial charge is 0.354 e. The molecule has 2 heteroatoms. The zero-order chi connectivity index (χ0) is 15.1. The van der Waals surface area contributed by atoms with Gasteiger partial charge in [-0.05, 0) is 66.8 Å². The fourth-order valence-electron chi connectivity index (χ4n) is 3.24. The standard InChI is InChI=1S/C19H28N2/c1-16(2)19(7-6-18-8-11-20-12-9-18)17(3)10-15-21-13-4-5-14-21/h4-5,8-9,11-14,16-17,19H,6-7,10,15H2,1-3H3. The number of hydrogen-bond acceptors (Lipinski definition) is 1. The third-order valence-corrected chi connectivity index (χ3v) is 4.61. The summed E-state index contributed by atoms with van der Waals surface area (Å²) in [6, 6.07) is 8.49. The Kier molecular flexibility index (Phi) is 6.04. The Labute approximate surface area is 129 Å². The van der Waals surface area contributed by atoms with Gasteiger partial charge >= 0.3 is 0 Å². The molecule has 0 bridgehead atoms. The van der Waals surface area contributed by atoms with E-state index in [0.717, 1.165) is 24.3 Å². The number of aryl methyl sites for hydroxylation is 2. The van der Waals surface area contributed by atoms with Crippen LogP contribution in [0.5, 0.6) is 0 Å². The minimum Gasteiger partial charge on any atom is -0.354 e. The smallest absolute Gasteiger partial charge is 0.0270 e. The molecule has 0 aliphatic rings. The van der Waals surface area contributed by atoms with Gasteiger partial charge in [-0.2, -0.15) is 0 Å². The van der Waals surface area contributed by atoms with Crippen molar-refractivity contribution < 1.29 is 0 Å². The van der Waals surface area contributed by atoms with E-state index in [1.807, 2.05) is 12.4 Å². The highest BCUT2D eigenvalue weighted by Crippen LogP contribution is 2.28. The number of aromatic nitrogens is 2. The van der Waals surface area contributed by atoms with Crippen LogP contribution in [-0.2, 0) is 13.0 Å². The predicted octanol–water partition coefficient (Wildman–Crippen LogP) is 4.81. The minimum absolute atomic E-state index is 0.742. The molecule has 2 aromatic rings. The first kappa shape index (κ1) is 15.8. The summed E-state index contributed by atoms with van der Waals surface area (Å²) in [6.07, 6.45) is 11.8. The SMILES string of the molecule is CC(C)C(CCc1ccncc1)C(C)CCn1cccc1. The molecule has 0 spiro atoms. The molecule has 0 N–H and O–H groups in total. The molecule has 2 atom stereocenters. The molecule has 0 aromatic carbocycles. The van der Waals surface area contributed by atoms with Crippen LogP contribution in [-0.4, -0.2) is 9.55 Å². The quantitative estimate of drug-likeness (QED) is 0.680. The lowest BCUT2D eigenvalue weighted by molar-refractivity contribution is 0.234. The van der Waals surface area contributed by atoms with Gasteiger partial charge in [0.05, 0.1) is 0 Å². The van der Waals surface area contributed by atoms with Crippen LogP contribution in [0.25, 0.3) is 0 Å². The van der Waals surface area contributed by atoms with Gasteiger partial charge in [0.2, 0.25) is 0 Å². The molecular formula is C19H28N2. The Morgan fingerprint density at radius 3 is 2.29 bits per heavy atom. The van der Waals surface area contributed by atoms with Crippen LogP contribution in [0.15, 0.2) is 49.1 Å². The molecule has 2 nitrogen and oxygen atoms in total. The van der Waals surface area contributed by atoms with Crippen molar-refractivity contribution in [3.05, 3.63) is 54.6 Å². The van der Waals surface area contributed by atoms with Crippen molar-refractivity contribution in [2.24, 2.45) is 17.8 Å². The van der Waals surface area contributed by atoms with Crippen molar-refractivity contribution in [1.82, 2.24) is 9.55 Å². The third-order valence-electron chi connectivity index (χ3n) is 4.61. The van der Waals surface area contributed by atoms with Gasteiger partial charge in [-0.15, -0.1) is 0 Å². The summed E-state index contributed by atoms with van der Waals surface area (Å²) in [4.78, 5) is 4.10. The second-order valence-corrected chi connectivity index (χ2v) is 6.49. The van der Waals surface area contributed by atoms with E-state index in [0.29, 0.717) is 0 Å². The van der Waals surface area contributed by atoms with Gasteiger partial charge in [0.15, 0.2) is 0 Å². The van der Waals surface area contributed by atoms with Crippen LogP contribution < -0.4 is 0 Å². The molecular weight excluding hydrogens is 256 g/mol. The van der Waals surface area contributed by atoms with Crippen LogP contribution in [0.4, 0.5) is 0 Å². The van der Waals surface area contributed by atoms with E-state index in [4.69, 9.17) is 0 Å². The molecule has 2 rings (SSSR count). The fraction of sp³-hybridized carbons (Fsp3) is 0.526. The lowest BCUT2D eigenvalue weighted by Gasteiger charge is -2.28. The van der Waals surface area contributed by atoms with E-state index in [1.54, 1.807) is 0 Å². The molecule has 2 unspecified atom stereocenters. The van der Waals surface area contributed by atoms with Gasteiger partial charge in [0, 0.05) is 31.3 Å². The highest BCUT2D eigenvalue weighted by atomic mass is 14.9. The zero-order valence-corrected chi connectivity index (χ0v) is 13.6. The number of rotatable bonds is 8. The van der Waals surface area contributed by atoms with Crippen LogP contribution in [0.3, 0.4) is 0 Å². The molecule has 2 aromatic heterocycles. The van der Waals surface area contributed by atoms with E-state index in [2.05, 4.69) is 67.0 Å². The molecule has 0 amide bonds. The summed E-state index contributed by atoms with van der Waals surface area (Å²) >= 11 is 0. The van der Waals surface area contributed by atoms with Crippen LogP contribution in [0, 0.1) is 17.8 Å². The van der Waals surface area contributed by atoms with Crippen molar-refractivity contribution in [2.75, 3.05) is 0 Å². The molecule has 0 saturated heterocycles. The van der Waals surface area contributed by atoms with E-state index in [9.17, 15) is 0 Å². The van der Waals surface area contributed by atoms with Gasteiger partial charge in [-0.1, -0.05) is 20.8 Å². The second kappa shape index (κ2) is 8.02. The van der Waals surface area contributed by atoms with E-state index >= 15 is 0 Å². The maximum Gasteiger partial charge on any atom is 0.0270 e. The van der Waals surface area contributed by atoms with E-state index in [1.165, 1.54) is 24.8 Å². The first-order valence-electron chi connectivity index (χ1n) is 8.16. The Morgan fingerprint density at radius 2 is 1.67 bits per heavy atom. The van der Waals surface area contributed by atoms with Crippen LogP contribution in [0.2, 0.25) is 0 Å². The first-order valence-corrected chi connectivity index (χ1v) is 8.16. The Morgan fingerprint density at radius 1 is 1.00 bits per heavy atom. The average molecular weight is 284 g/mol. The summed E-state index contributed by atoms with van der Waals surface area (Å²) in [5.41, 5.74) is 1.41. The number of hydrogen-bond donors (Lipinski definition) is 0. The maximum absolute atomic E-state index is 4.10. The van der Waals surface area contributed by atoms with Crippen molar-refractivity contribution in [3.63, 3.8) is 0 Å². The van der Waals surface area contributed by atoms with Gasteiger partial charge < -0.3 is 4.57 Å². The summed E-state index contributed by atoms with van der Waals surface area (Å²) < 4.78 is 2.29. The van der Waals surface area contributed by atoms with Crippen LogP contribution >= 0.6 is 0 Å². The topological polar surface area (TPSA) is 17.8 Å². The predicted molar refractivity (Wildman–Crippen MR) is 89.1 cm³/mol. The van der Waals surface area contributed by atoms with Crippen molar-refractivity contribution in [1.29, 1.82) is 0 Å². The highest BCUT2D eigenvalue weighted by molar-refractivity contribution is 5.09. The average Bonchev–Trinajstić information content (AvgIpc) is 2.99. The van der Waals surface area contributed by atoms with Gasteiger partial charge in [0.1, 0.15) is 0 Å².